The second-order valence-electron chi connectivity index (χ2n) is 4.05. The number of carbonyl (C=O) groups is 1. The molecule has 1 aromatic carbocycles. The summed E-state index contributed by atoms with van der Waals surface area (Å²) in [7, 11) is 1.84. The number of hydrogen-bond acceptors (Lipinski definition) is 1. The van der Waals surface area contributed by atoms with E-state index in [0.717, 1.165) is 18.4 Å². The van der Waals surface area contributed by atoms with Crippen LogP contribution in [0.25, 0.3) is 6.08 Å². The zero-order valence-electron chi connectivity index (χ0n) is 9.24. The van der Waals surface area contributed by atoms with E-state index >= 15 is 0 Å². The second-order valence-corrected chi connectivity index (χ2v) is 4.46. The van der Waals surface area contributed by atoms with Crippen LogP contribution in [0.15, 0.2) is 24.8 Å². The van der Waals surface area contributed by atoms with Gasteiger partial charge in [-0.15, -0.1) is 0 Å². The van der Waals surface area contributed by atoms with Crippen LogP contribution >= 0.6 is 11.6 Å². The quantitative estimate of drug-likeness (QED) is 0.788. The third-order valence-electron chi connectivity index (χ3n) is 2.90. The molecule has 2 nitrogen and oxygen atoms in total. The third kappa shape index (κ3) is 1.98. The molecule has 0 heterocycles. The predicted octanol–water partition coefficient (Wildman–Crippen LogP) is 3.22. The lowest BCUT2D eigenvalue weighted by molar-refractivity contribution is 0.0785. The highest BCUT2D eigenvalue weighted by Crippen LogP contribution is 2.29. The molecule has 0 atom stereocenters. The Labute approximate surface area is 101 Å². The Balaban J connectivity index is 2.35. The van der Waals surface area contributed by atoms with Crippen molar-refractivity contribution in [1.82, 2.24) is 4.90 Å². The van der Waals surface area contributed by atoms with Crippen molar-refractivity contribution in [3.8, 4) is 0 Å². The summed E-state index contributed by atoms with van der Waals surface area (Å²) in [4.78, 5) is 14.0. The van der Waals surface area contributed by atoms with Crippen LogP contribution in [0.1, 0.15) is 28.8 Å². The van der Waals surface area contributed by atoms with E-state index in [1.54, 1.807) is 29.2 Å². The molecule has 0 bridgehead atoms. The summed E-state index contributed by atoms with van der Waals surface area (Å²) in [6.45, 7) is 3.70. The average Bonchev–Trinajstić information content (AvgIpc) is 3.10. The summed E-state index contributed by atoms with van der Waals surface area (Å²) in [5.41, 5.74) is 1.36. The minimum Gasteiger partial charge on any atom is -0.339 e. The van der Waals surface area contributed by atoms with Crippen molar-refractivity contribution in [3.63, 3.8) is 0 Å². The Bertz CT molecular complexity index is 438. The summed E-state index contributed by atoms with van der Waals surface area (Å²) in [6.07, 6.45) is 3.84. The largest absolute Gasteiger partial charge is 0.339 e. The summed E-state index contributed by atoms with van der Waals surface area (Å²) < 4.78 is 0. The molecule has 1 aromatic rings. The fraction of sp³-hybridized carbons (Fsp3) is 0.308. The van der Waals surface area contributed by atoms with Gasteiger partial charge in [0.2, 0.25) is 0 Å². The number of nitrogens with zero attached hydrogens (tertiary/aromatic N) is 1. The maximum atomic E-state index is 12.2. The summed E-state index contributed by atoms with van der Waals surface area (Å²) in [6, 6.07) is 5.77. The molecule has 0 unspecified atom stereocenters. The van der Waals surface area contributed by atoms with Crippen LogP contribution in [0.4, 0.5) is 0 Å². The van der Waals surface area contributed by atoms with Gasteiger partial charge in [0.15, 0.2) is 0 Å². The van der Waals surface area contributed by atoms with Crippen molar-refractivity contribution in [1.29, 1.82) is 0 Å². The van der Waals surface area contributed by atoms with Gasteiger partial charge < -0.3 is 4.90 Å². The first-order valence-corrected chi connectivity index (χ1v) is 5.71. The maximum absolute atomic E-state index is 12.2. The smallest absolute Gasteiger partial charge is 0.254 e. The number of amides is 1. The molecule has 0 spiro atoms. The third-order valence-corrected chi connectivity index (χ3v) is 3.23. The van der Waals surface area contributed by atoms with Crippen LogP contribution in [-0.4, -0.2) is 23.9 Å². The average molecular weight is 236 g/mol. The molecule has 0 N–H and O–H groups in total. The molecule has 1 aliphatic carbocycles. The van der Waals surface area contributed by atoms with Crippen LogP contribution in [0, 0.1) is 0 Å². The van der Waals surface area contributed by atoms with Crippen LogP contribution < -0.4 is 0 Å². The Kier molecular flexibility index (Phi) is 3.01. The monoisotopic (exact) mass is 235 g/mol. The van der Waals surface area contributed by atoms with Crippen LogP contribution in [0.5, 0.6) is 0 Å². The van der Waals surface area contributed by atoms with Gasteiger partial charge in [-0.05, 0) is 25.0 Å². The number of benzene rings is 1. The zero-order valence-corrected chi connectivity index (χ0v) is 10.00. The van der Waals surface area contributed by atoms with E-state index in [2.05, 4.69) is 6.58 Å². The summed E-state index contributed by atoms with van der Waals surface area (Å²) in [5, 5.41) is 0.574. The standard InChI is InChI=1S/C13H14ClNO/c1-3-10-11(5-4-6-12(10)14)13(16)15(2)9-7-8-9/h3-6,9H,1,7-8H2,2H3. The molecule has 3 heteroatoms. The van der Waals surface area contributed by atoms with Crippen molar-refractivity contribution in [2.45, 2.75) is 18.9 Å². The first-order valence-electron chi connectivity index (χ1n) is 5.33. The lowest BCUT2D eigenvalue weighted by Gasteiger charge is -2.18. The van der Waals surface area contributed by atoms with Crippen molar-refractivity contribution in [2.75, 3.05) is 7.05 Å². The molecular formula is C13H14ClNO. The van der Waals surface area contributed by atoms with Crippen molar-refractivity contribution in [2.24, 2.45) is 0 Å². The Morgan fingerprint density at radius 1 is 1.56 bits per heavy atom. The molecule has 84 valence electrons. The van der Waals surface area contributed by atoms with Gasteiger partial charge in [-0.1, -0.05) is 30.3 Å². The Morgan fingerprint density at radius 2 is 2.25 bits per heavy atom. The molecule has 0 aromatic heterocycles. The van der Waals surface area contributed by atoms with Gasteiger partial charge in [-0.25, -0.2) is 0 Å². The van der Waals surface area contributed by atoms with E-state index in [0.29, 0.717) is 16.6 Å². The van der Waals surface area contributed by atoms with E-state index in [1.807, 2.05) is 7.05 Å². The van der Waals surface area contributed by atoms with Gasteiger partial charge in [0.05, 0.1) is 0 Å². The van der Waals surface area contributed by atoms with Gasteiger partial charge in [-0.2, -0.15) is 0 Å². The lowest BCUT2D eigenvalue weighted by Crippen LogP contribution is -2.29. The lowest BCUT2D eigenvalue weighted by atomic mass is 10.1. The topological polar surface area (TPSA) is 20.3 Å². The minimum atomic E-state index is 0.0277. The van der Waals surface area contributed by atoms with E-state index in [9.17, 15) is 4.79 Å². The molecule has 0 radical (unpaired) electrons. The van der Waals surface area contributed by atoms with Gasteiger partial charge in [-0.3, -0.25) is 4.79 Å². The summed E-state index contributed by atoms with van der Waals surface area (Å²) in [5.74, 6) is 0.0277. The predicted molar refractivity (Wildman–Crippen MR) is 66.7 cm³/mol. The van der Waals surface area contributed by atoms with E-state index in [4.69, 9.17) is 11.6 Å². The van der Waals surface area contributed by atoms with Crippen molar-refractivity contribution in [3.05, 3.63) is 40.9 Å². The van der Waals surface area contributed by atoms with E-state index in [-0.39, 0.29) is 5.91 Å². The molecule has 1 amide bonds. The van der Waals surface area contributed by atoms with Crippen LogP contribution in [-0.2, 0) is 0 Å². The number of halogens is 1. The van der Waals surface area contributed by atoms with E-state index < -0.39 is 0 Å². The molecular weight excluding hydrogens is 222 g/mol. The first kappa shape index (κ1) is 11.2. The van der Waals surface area contributed by atoms with Crippen molar-refractivity contribution < 1.29 is 4.79 Å². The fourth-order valence-corrected chi connectivity index (χ4v) is 2.00. The zero-order chi connectivity index (χ0) is 11.7. The SMILES string of the molecule is C=Cc1c(Cl)cccc1C(=O)N(C)C1CC1. The Hall–Kier alpha value is -1.28. The molecule has 2 rings (SSSR count). The molecule has 16 heavy (non-hydrogen) atoms. The number of rotatable bonds is 3. The fourth-order valence-electron chi connectivity index (χ4n) is 1.75. The highest BCUT2D eigenvalue weighted by Gasteiger charge is 2.30. The van der Waals surface area contributed by atoms with Crippen molar-refractivity contribution >= 4 is 23.6 Å². The highest BCUT2D eigenvalue weighted by atomic mass is 35.5. The van der Waals surface area contributed by atoms with Crippen LogP contribution in [0.2, 0.25) is 5.02 Å². The van der Waals surface area contributed by atoms with Gasteiger partial charge >= 0.3 is 0 Å². The maximum Gasteiger partial charge on any atom is 0.254 e. The first-order chi connectivity index (χ1) is 7.65. The van der Waals surface area contributed by atoms with Gasteiger partial charge in [0.1, 0.15) is 0 Å². The molecule has 1 aliphatic rings. The van der Waals surface area contributed by atoms with Crippen LogP contribution in [0.3, 0.4) is 0 Å². The summed E-state index contributed by atoms with van der Waals surface area (Å²) >= 11 is 6.03. The molecule has 0 aliphatic heterocycles. The number of hydrogen-bond donors (Lipinski definition) is 0. The molecule has 1 fully saturated rings. The molecule has 0 saturated heterocycles. The highest BCUT2D eigenvalue weighted by molar-refractivity contribution is 6.32. The molecule has 1 saturated carbocycles. The minimum absolute atomic E-state index is 0.0277. The van der Waals surface area contributed by atoms with Gasteiger partial charge in [0, 0.05) is 29.2 Å². The Morgan fingerprint density at radius 3 is 2.81 bits per heavy atom. The normalized spacial score (nSPS) is 14.6. The van der Waals surface area contributed by atoms with Gasteiger partial charge in [0.25, 0.3) is 5.91 Å². The second kappa shape index (κ2) is 4.30. The number of carbonyl (C=O) groups excluding carboxylic acids is 1. The van der Waals surface area contributed by atoms with E-state index in [1.165, 1.54) is 0 Å².